The summed E-state index contributed by atoms with van der Waals surface area (Å²) in [5.41, 5.74) is 10.4. The Balaban J connectivity index is 1.82. The zero-order valence-electron chi connectivity index (χ0n) is 11.6. The molecule has 1 heterocycles. The number of hydrogen-bond acceptors (Lipinski definition) is 2. The van der Waals surface area contributed by atoms with Crippen molar-refractivity contribution in [1.29, 1.82) is 0 Å². The number of benzene rings is 2. The lowest BCUT2D eigenvalue weighted by Crippen LogP contribution is -2.29. The van der Waals surface area contributed by atoms with Gasteiger partial charge in [-0.2, -0.15) is 0 Å². The highest BCUT2D eigenvalue weighted by Gasteiger charge is 2.38. The normalized spacial score (nSPS) is 26.0. The fourth-order valence-electron chi connectivity index (χ4n) is 3.65. The Kier molecular flexibility index (Phi) is 2.93. The van der Waals surface area contributed by atoms with E-state index in [9.17, 15) is 0 Å². The molecule has 2 aromatic carbocycles. The first-order valence-electron chi connectivity index (χ1n) is 7.31. The molecule has 0 spiro atoms. The van der Waals surface area contributed by atoms with E-state index in [1.54, 1.807) is 0 Å². The molecule has 21 heavy (non-hydrogen) atoms. The molecule has 2 aliphatic rings. The number of halogens is 1. The van der Waals surface area contributed by atoms with Crippen LogP contribution < -0.4 is 11.1 Å². The third kappa shape index (κ3) is 2.02. The van der Waals surface area contributed by atoms with Gasteiger partial charge in [-0.1, -0.05) is 42.0 Å². The zero-order chi connectivity index (χ0) is 14.4. The molecule has 0 saturated heterocycles. The van der Waals surface area contributed by atoms with Crippen molar-refractivity contribution in [2.24, 2.45) is 5.92 Å². The van der Waals surface area contributed by atoms with Crippen LogP contribution >= 0.6 is 11.6 Å². The van der Waals surface area contributed by atoms with Gasteiger partial charge in [0.15, 0.2) is 0 Å². The molecule has 0 bridgehead atoms. The summed E-state index contributed by atoms with van der Waals surface area (Å²) in [6.45, 7) is 0. The molecule has 0 amide bonds. The number of allylic oxidation sites excluding steroid dienone is 2. The Morgan fingerprint density at radius 1 is 1.10 bits per heavy atom. The Hall–Kier alpha value is -1.93. The first-order chi connectivity index (χ1) is 10.2. The number of hydrogen-bond donors (Lipinski definition) is 2. The van der Waals surface area contributed by atoms with E-state index in [1.165, 1.54) is 16.8 Å². The molecule has 4 rings (SSSR count). The quantitative estimate of drug-likeness (QED) is 0.589. The highest BCUT2D eigenvalue weighted by molar-refractivity contribution is 6.31. The van der Waals surface area contributed by atoms with E-state index < -0.39 is 0 Å². The van der Waals surface area contributed by atoms with Crippen LogP contribution in [0, 0.1) is 5.92 Å². The van der Waals surface area contributed by atoms with Gasteiger partial charge < -0.3 is 11.1 Å². The molecule has 1 aliphatic heterocycles. The maximum absolute atomic E-state index is 6.42. The summed E-state index contributed by atoms with van der Waals surface area (Å²) < 4.78 is 0. The van der Waals surface area contributed by atoms with Crippen molar-refractivity contribution in [2.75, 3.05) is 11.1 Å². The van der Waals surface area contributed by atoms with Crippen molar-refractivity contribution in [3.05, 3.63) is 70.8 Å². The number of fused-ring (bicyclic) bond motifs is 3. The fourth-order valence-corrected chi connectivity index (χ4v) is 3.90. The van der Waals surface area contributed by atoms with Crippen LogP contribution in [0.1, 0.15) is 29.5 Å². The zero-order valence-corrected chi connectivity index (χ0v) is 12.3. The second kappa shape index (κ2) is 4.81. The minimum Gasteiger partial charge on any atom is -0.399 e. The average Bonchev–Trinajstić information content (AvgIpc) is 2.97. The lowest BCUT2D eigenvalue weighted by atomic mass is 9.77. The van der Waals surface area contributed by atoms with E-state index in [1.807, 2.05) is 18.2 Å². The van der Waals surface area contributed by atoms with Crippen LogP contribution in [0.25, 0.3) is 0 Å². The summed E-state index contributed by atoms with van der Waals surface area (Å²) in [6, 6.07) is 14.5. The van der Waals surface area contributed by atoms with Crippen LogP contribution in [0.15, 0.2) is 54.6 Å². The van der Waals surface area contributed by atoms with Gasteiger partial charge in [0.05, 0.1) is 6.04 Å². The summed E-state index contributed by atoms with van der Waals surface area (Å²) in [7, 11) is 0. The summed E-state index contributed by atoms with van der Waals surface area (Å²) in [6.07, 6.45) is 5.66. The van der Waals surface area contributed by atoms with Gasteiger partial charge in [-0.25, -0.2) is 0 Å². The first kappa shape index (κ1) is 12.8. The summed E-state index contributed by atoms with van der Waals surface area (Å²) >= 11 is 6.42. The molecule has 3 heteroatoms. The largest absolute Gasteiger partial charge is 0.399 e. The van der Waals surface area contributed by atoms with Crippen molar-refractivity contribution < 1.29 is 0 Å². The summed E-state index contributed by atoms with van der Waals surface area (Å²) in [4.78, 5) is 0. The molecule has 2 nitrogen and oxygen atoms in total. The second-order valence-corrected chi connectivity index (χ2v) is 6.25. The molecule has 3 unspecified atom stereocenters. The van der Waals surface area contributed by atoms with Crippen molar-refractivity contribution in [2.45, 2.75) is 18.4 Å². The minimum absolute atomic E-state index is 0.245. The Bertz CT molecular complexity index is 723. The molecule has 106 valence electrons. The van der Waals surface area contributed by atoms with E-state index in [4.69, 9.17) is 17.3 Å². The van der Waals surface area contributed by atoms with E-state index in [0.29, 0.717) is 11.8 Å². The third-order valence-electron chi connectivity index (χ3n) is 4.63. The Morgan fingerprint density at radius 3 is 2.81 bits per heavy atom. The molecule has 3 atom stereocenters. The highest BCUT2D eigenvalue weighted by atomic mass is 35.5. The molecule has 3 N–H and O–H groups in total. The molecule has 1 aliphatic carbocycles. The van der Waals surface area contributed by atoms with E-state index >= 15 is 0 Å². The van der Waals surface area contributed by atoms with Crippen molar-refractivity contribution in [1.82, 2.24) is 0 Å². The van der Waals surface area contributed by atoms with Gasteiger partial charge in [0.1, 0.15) is 0 Å². The minimum atomic E-state index is 0.245. The maximum Gasteiger partial charge on any atom is 0.0568 e. The maximum atomic E-state index is 6.42. The molecule has 0 fully saturated rings. The van der Waals surface area contributed by atoms with Gasteiger partial charge >= 0.3 is 0 Å². The van der Waals surface area contributed by atoms with Crippen LogP contribution in [0.5, 0.6) is 0 Å². The number of anilines is 2. The fraction of sp³-hybridized carbons (Fsp3) is 0.222. The monoisotopic (exact) mass is 296 g/mol. The standard InChI is InChI=1S/C18H17ClN2/c19-16-7-2-1-4-14(16)18-13-6-3-5-12(13)15-10-11(20)8-9-17(15)21-18/h1-5,7-10,12-13,18,21H,6,20H2. The van der Waals surface area contributed by atoms with E-state index in [-0.39, 0.29) is 6.04 Å². The predicted octanol–water partition coefficient (Wildman–Crippen LogP) is 4.75. The predicted molar refractivity (Wildman–Crippen MR) is 88.7 cm³/mol. The van der Waals surface area contributed by atoms with E-state index in [0.717, 1.165) is 17.1 Å². The smallest absolute Gasteiger partial charge is 0.0568 e. The molecular weight excluding hydrogens is 280 g/mol. The topological polar surface area (TPSA) is 38.0 Å². The van der Waals surface area contributed by atoms with Crippen LogP contribution in [-0.2, 0) is 0 Å². The van der Waals surface area contributed by atoms with Crippen LogP contribution in [0.3, 0.4) is 0 Å². The molecule has 2 aromatic rings. The van der Waals surface area contributed by atoms with Gasteiger partial charge in [0, 0.05) is 22.3 Å². The molecule has 0 radical (unpaired) electrons. The Labute approximate surface area is 129 Å². The third-order valence-corrected chi connectivity index (χ3v) is 4.97. The van der Waals surface area contributed by atoms with Crippen LogP contribution in [-0.4, -0.2) is 0 Å². The average molecular weight is 297 g/mol. The SMILES string of the molecule is Nc1ccc2c(c1)C1C=CCC1C(c1ccccc1Cl)N2. The number of nitrogens with two attached hydrogens (primary N) is 1. The van der Waals surface area contributed by atoms with Gasteiger partial charge in [-0.15, -0.1) is 0 Å². The molecule has 0 aromatic heterocycles. The van der Waals surface area contributed by atoms with Crippen molar-refractivity contribution in [3.63, 3.8) is 0 Å². The number of nitrogens with one attached hydrogen (secondary N) is 1. The molecule has 0 saturated carbocycles. The van der Waals surface area contributed by atoms with Crippen LogP contribution in [0.2, 0.25) is 5.02 Å². The Morgan fingerprint density at radius 2 is 1.95 bits per heavy atom. The van der Waals surface area contributed by atoms with Crippen molar-refractivity contribution in [3.8, 4) is 0 Å². The summed E-state index contributed by atoms with van der Waals surface area (Å²) in [5, 5.41) is 4.51. The lowest BCUT2D eigenvalue weighted by Gasteiger charge is -2.38. The lowest BCUT2D eigenvalue weighted by molar-refractivity contribution is 0.426. The second-order valence-electron chi connectivity index (χ2n) is 5.84. The summed E-state index contributed by atoms with van der Waals surface area (Å²) in [5.74, 6) is 0.922. The van der Waals surface area contributed by atoms with Gasteiger partial charge in [0.2, 0.25) is 0 Å². The van der Waals surface area contributed by atoms with E-state index in [2.05, 4.69) is 41.7 Å². The number of nitrogen functional groups attached to an aromatic ring is 1. The van der Waals surface area contributed by atoms with Gasteiger partial charge in [0.25, 0.3) is 0 Å². The van der Waals surface area contributed by atoms with Crippen molar-refractivity contribution >= 4 is 23.0 Å². The number of rotatable bonds is 1. The van der Waals surface area contributed by atoms with Crippen LogP contribution in [0.4, 0.5) is 11.4 Å². The van der Waals surface area contributed by atoms with Gasteiger partial charge in [-0.3, -0.25) is 0 Å². The first-order valence-corrected chi connectivity index (χ1v) is 7.69. The highest BCUT2D eigenvalue weighted by Crippen LogP contribution is 2.50. The van der Waals surface area contributed by atoms with Gasteiger partial charge in [-0.05, 0) is 47.7 Å². The molecular formula is C18H17ClN2.